The Morgan fingerprint density at radius 2 is 2.00 bits per heavy atom. The van der Waals surface area contributed by atoms with Crippen molar-refractivity contribution < 1.29 is 9.13 Å². The maximum absolute atomic E-state index is 14.4. The van der Waals surface area contributed by atoms with E-state index in [1.165, 1.54) is 12.1 Å². The number of hydrogen-bond donors (Lipinski definition) is 1. The van der Waals surface area contributed by atoms with Crippen LogP contribution >= 0.6 is 11.6 Å². The van der Waals surface area contributed by atoms with Crippen LogP contribution in [-0.4, -0.2) is 0 Å². The number of nitrogens with two attached hydrogens (primary N) is 1. The Kier molecular flexibility index (Phi) is 5.02. The average Bonchev–Trinajstić information content (AvgIpc) is 2.51. The van der Waals surface area contributed by atoms with Crippen LogP contribution in [0.3, 0.4) is 0 Å². The molecule has 0 heterocycles. The second kappa shape index (κ2) is 6.78. The normalized spacial score (nSPS) is 10.6. The summed E-state index contributed by atoms with van der Waals surface area (Å²) in [6.45, 7) is 3.98. The van der Waals surface area contributed by atoms with Gasteiger partial charge in [-0.15, -0.1) is 0 Å². The third-order valence-electron chi connectivity index (χ3n) is 3.34. The number of benzene rings is 2. The molecule has 0 fully saturated rings. The molecular formula is C17H16ClFN2O. The topological polar surface area (TPSA) is 59.0 Å². The lowest BCUT2D eigenvalue weighted by Gasteiger charge is -2.17. The predicted octanol–water partition coefficient (Wildman–Crippen LogP) is 4.73. The second-order valence-electron chi connectivity index (χ2n) is 5.15. The van der Waals surface area contributed by atoms with Crippen molar-refractivity contribution in [2.45, 2.75) is 26.3 Å². The molecule has 2 N–H and O–H groups in total. The van der Waals surface area contributed by atoms with Crippen molar-refractivity contribution in [3.05, 3.63) is 57.9 Å². The van der Waals surface area contributed by atoms with E-state index in [9.17, 15) is 9.65 Å². The summed E-state index contributed by atoms with van der Waals surface area (Å²) in [7, 11) is 0. The van der Waals surface area contributed by atoms with Crippen LogP contribution < -0.4 is 10.5 Å². The van der Waals surface area contributed by atoms with Gasteiger partial charge in [0.25, 0.3) is 0 Å². The Balaban J connectivity index is 2.59. The molecule has 0 bridgehead atoms. The summed E-state index contributed by atoms with van der Waals surface area (Å²) in [6, 6.07) is 10.4. The van der Waals surface area contributed by atoms with Crippen molar-refractivity contribution in [1.29, 1.82) is 5.26 Å². The number of halogens is 2. The Morgan fingerprint density at radius 3 is 2.59 bits per heavy atom. The summed E-state index contributed by atoms with van der Waals surface area (Å²) in [5, 5.41) is 9.40. The Hall–Kier alpha value is -2.09. The van der Waals surface area contributed by atoms with Crippen molar-refractivity contribution >= 4 is 11.6 Å². The highest BCUT2D eigenvalue weighted by atomic mass is 35.5. The fourth-order valence-electron chi connectivity index (χ4n) is 2.14. The van der Waals surface area contributed by atoms with Crippen LogP contribution in [0.4, 0.5) is 4.39 Å². The zero-order valence-electron chi connectivity index (χ0n) is 12.4. The van der Waals surface area contributed by atoms with Crippen LogP contribution in [0.25, 0.3) is 0 Å². The smallest absolute Gasteiger partial charge is 0.182 e. The number of rotatable bonds is 4. The Morgan fingerprint density at radius 1 is 1.27 bits per heavy atom. The standard InChI is InChI=1S/C17H16ClFN2O/c1-10(2)13-5-3-4-12(9-21)16(13)22-17-14(18)7-6-11(8-20)15(17)19/h3-7,10H,8,20H2,1-2H3. The first kappa shape index (κ1) is 16.3. The van der Waals surface area contributed by atoms with E-state index in [-0.39, 0.29) is 23.2 Å². The molecule has 0 amide bonds. The third-order valence-corrected chi connectivity index (χ3v) is 3.64. The molecule has 2 aromatic carbocycles. The molecule has 2 rings (SSSR count). The molecule has 2 aromatic rings. The molecule has 22 heavy (non-hydrogen) atoms. The summed E-state index contributed by atoms with van der Waals surface area (Å²) in [6.07, 6.45) is 0. The maximum atomic E-state index is 14.4. The van der Waals surface area contributed by atoms with Crippen molar-refractivity contribution in [3.63, 3.8) is 0 Å². The van der Waals surface area contributed by atoms with Gasteiger partial charge >= 0.3 is 0 Å². The molecule has 0 spiro atoms. The van der Waals surface area contributed by atoms with Gasteiger partial charge in [0.05, 0.1) is 10.6 Å². The molecule has 0 aliphatic carbocycles. The van der Waals surface area contributed by atoms with Crippen molar-refractivity contribution in [1.82, 2.24) is 0 Å². The maximum Gasteiger partial charge on any atom is 0.182 e. The molecule has 114 valence electrons. The molecule has 0 aromatic heterocycles. The van der Waals surface area contributed by atoms with E-state index in [1.807, 2.05) is 19.9 Å². The summed E-state index contributed by atoms with van der Waals surface area (Å²) >= 11 is 6.05. The molecule has 0 atom stereocenters. The predicted molar refractivity (Wildman–Crippen MR) is 84.6 cm³/mol. The molecular weight excluding hydrogens is 303 g/mol. The number of ether oxygens (including phenoxy) is 1. The average molecular weight is 319 g/mol. The molecule has 0 saturated carbocycles. The van der Waals surface area contributed by atoms with Gasteiger partial charge in [-0.3, -0.25) is 0 Å². The van der Waals surface area contributed by atoms with Gasteiger partial charge in [-0.25, -0.2) is 4.39 Å². The summed E-state index contributed by atoms with van der Waals surface area (Å²) in [4.78, 5) is 0. The van der Waals surface area contributed by atoms with Crippen LogP contribution in [0, 0.1) is 17.1 Å². The highest BCUT2D eigenvalue weighted by Crippen LogP contribution is 2.38. The van der Waals surface area contributed by atoms with Gasteiger partial charge in [-0.2, -0.15) is 5.26 Å². The van der Waals surface area contributed by atoms with Crippen molar-refractivity contribution in [2.24, 2.45) is 5.73 Å². The van der Waals surface area contributed by atoms with Gasteiger partial charge in [0.2, 0.25) is 0 Å². The molecule has 0 saturated heterocycles. The van der Waals surface area contributed by atoms with Gasteiger partial charge in [0.15, 0.2) is 11.6 Å². The molecule has 0 aliphatic heterocycles. The minimum absolute atomic E-state index is 0.0380. The zero-order valence-corrected chi connectivity index (χ0v) is 13.1. The minimum Gasteiger partial charge on any atom is -0.451 e. The lowest BCUT2D eigenvalue weighted by atomic mass is 9.99. The summed E-state index contributed by atoms with van der Waals surface area (Å²) in [5.74, 6) is -0.260. The van der Waals surface area contributed by atoms with Crippen LogP contribution in [0.1, 0.15) is 36.5 Å². The fraction of sp³-hybridized carbons (Fsp3) is 0.235. The van der Waals surface area contributed by atoms with Gasteiger partial charge in [-0.1, -0.05) is 43.6 Å². The molecule has 0 aliphatic rings. The number of nitriles is 1. The highest BCUT2D eigenvalue weighted by molar-refractivity contribution is 6.32. The van der Waals surface area contributed by atoms with E-state index in [0.717, 1.165) is 5.56 Å². The van der Waals surface area contributed by atoms with E-state index < -0.39 is 5.82 Å². The number of nitrogens with zero attached hydrogens (tertiary/aromatic N) is 1. The highest BCUT2D eigenvalue weighted by Gasteiger charge is 2.19. The van der Waals surface area contributed by atoms with E-state index in [2.05, 4.69) is 6.07 Å². The Bertz CT molecular complexity index is 738. The minimum atomic E-state index is -0.600. The van der Waals surface area contributed by atoms with Gasteiger partial charge < -0.3 is 10.5 Å². The zero-order chi connectivity index (χ0) is 16.3. The number of hydrogen-bond acceptors (Lipinski definition) is 3. The fourth-order valence-corrected chi connectivity index (χ4v) is 2.32. The summed E-state index contributed by atoms with van der Waals surface area (Å²) < 4.78 is 20.1. The quantitative estimate of drug-likeness (QED) is 0.887. The monoisotopic (exact) mass is 318 g/mol. The number of para-hydroxylation sites is 1. The van der Waals surface area contributed by atoms with Crippen molar-refractivity contribution in [3.8, 4) is 17.6 Å². The van der Waals surface area contributed by atoms with Gasteiger partial charge in [-0.05, 0) is 23.6 Å². The Labute approximate surface area is 134 Å². The first-order valence-electron chi connectivity index (χ1n) is 6.87. The third kappa shape index (κ3) is 3.06. The van der Waals surface area contributed by atoms with Crippen molar-refractivity contribution in [2.75, 3.05) is 0 Å². The first-order valence-corrected chi connectivity index (χ1v) is 7.25. The second-order valence-corrected chi connectivity index (χ2v) is 5.55. The van der Waals surface area contributed by atoms with E-state index in [4.69, 9.17) is 22.1 Å². The molecule has 5 heteroatoms. The lowest BCUT2D eigenvalue weighted by Crippen LogP contribution is -2.03. The van der Waals surface area contributed by atoms with Gasteiger partial charge in [0, 0.05) is 12.1 Å². The molecule has 3 nitrogen and oxygen atoms in total. The van der Waals surface area contributed by atoms with Crippen LogP contribution in [0.5, 0.6) is 11.5 Å². The molecule has 0 unspecified atom stereocenters. The van der Waals surface area contributed by atoms with Gasteiger partial charge in [0.1, 0.15) is 11.8 Å². The van der Waals surface area contributed by atoms with Crippen LogP contribution in [0.2, 0.25) is 5.02 Å². The van der Waals surface area contributed by atoms with E-state index in [1.54, 1.807) is 12.1 Å². The summed E-state index contributed by atoms with van der Waals surface area (Å²) in [5.41, 5.74) is 6.96. The first-order chi connectivity index (χ1) is 10.5. The van der Waals surface area contributed by atoms with E-state index in [0.29, 0.717) is 16.9 Å². The van der Waals surface area contributed by atoms with Crippen LogP contribution in [-0.2, 0) is 6.54 Å². The van der Waals surface area contributed by atoms with Crippen LogP contribution in [0.15, 0.2) is 30.3 Å². The largest absolute Gasteiger partial charge is 0.451 e. The molecule has 0 radical (unpaired) electrons. The SMILES string of the molecule is CC(C)c1cccc(C#N)c1Oc1c(Cl)ccc(CN)c1F. The van der Waals surface area contributed by atoms with E-state index >= 15 is 0 Å². The lowest BCUT2D eigenvalue weighted by molar-refractivity contribution is 0.431.